The number of nitrogens with one attached hydrogen (secondary N) is 1. The molecule has 1 heterocycles. The third-order valence-electron chi connectivity index (χ3n) is 2.44. The molecule has 0 bridgehead atoms. The molecule has 108 valence electrons. The lowest BCUT2D eigenvalue weighted by atomic mass is 10.0. The highest BCUT2D eigenvalue weighted by molar-refractivity contribution is 5.58. The molecule has 0 fully saturated rings. The first-order valence-electron chi connectivity index (χ1n) is 5.26. The summed E-state index contributed by atoms with van der Waals surface area (Å²) in [6, 6.07) is 1.22. The number of H-pyrrole nitrogens is 1. The van der Waals surface area contributed by atoms with Crippen molar-refractivity contribution in [3.05, 3.63) is 35.2 Å². The minimum atomic E-state index is -4.89. The second-order valence-electron chi connectivity index (χ2n) is 4.04. The van der Waals surface area contributed by atoms with Crippen LogP contribution in [0.4, 0.5) is 26.3 Å². The number of rotatable bonds is 1. The highest BCUT2D eigenvalue weighted by Gasteiger charge is 2.37. The normalized spacial score (nSPS) is 12.8. The monoisotopic (exact) mass is 295 g/mol. The Hall–Kier alpha value is -2.06. The predicted molar refractivity (Wildman–Crippen MR) is 56.6 cm³/mol. The SMILES string of the molecule is Cc1nc(-c2cc(C(F)(F)F)cc(C(F)(F)F)c2)n[nH]1. The van der Waals surface area contributed by atoms with Crippen LogP contribution >= 0.6 is 0 Å². The summed E-state index contributed by atoms with van der Waals surface area (Å²) in [7, 11) is 0. The Balaban J connectivity index is 2.63. The van der Waals surface area contributed by atoms with Crippen LogP contribution in [-0.2, 0) is 12.4 Å². The van der Waals surface area contributed by atoms with E-state index < -0.39 is 23.5 Å². The Kier molecular flexibility index (Phi) is 3.23. The third kappa shape index (κ3) is 2.91. The summed E-state index contributed by atoms with van der Waals surface area (Å²) in [6.07, 6.45) is -9.78. The number of aryl methyl sites for hydroxylation is 1. The molecule has 0 saturated heterocycles. The molecule has 9 heteroatoms. The van der Waals surface area contributed by atoms with E-state index in [-0.39, 0.29) is 23.3 Å². The van der Waals surface area contributed by atoms with Gasteiger partial charge in [-0.1, -0.05) is 0 Å². The molecule has 2 rings (SSSR count). The number of halogens is 6. The molecule has 1 N–H and O–H groups in total. The van der Waals surface area contributed by atoms with Gasteiger partial charge < -0.3 is 0 Å². The van der Waals surface area contributed by atoms with Gasteiger partial charge in [0.1, 0.15) is 5.82 Å². The molecular formula is C11H7F6N3. The van der Waals surface area contributed by atoms with Crippen LogP contribution in [0.5, 0.6) is 0 Å². The van der Waals surface area contributed by atoms with Crippen LogP contribution in [0.1, 0.15) is 17.0 Å². The van der Waals surface area contributed by atoms with E-state index in [2.05, 4.69) is 15.2 Å². The highest BCUT2D eigenvalue weighted by atomic mass is 19.4. The highest BCUT2D eigenvalue weighted by Crippen LogP contribution is 2.37. The van der Waals surface area contributed by atoms with Gasteiger partial charge in [-0.2, -0.15) is 31.4 Å². The first-order valence-corrected chi connectivity index (χ1v) is 5.26. The van der Waals surface area contributed by atoms with Crippen LogP contribution in [0.25, 0.3) is 11.4 Å². The maximum atomic E-state index is 12.6. The van der Waals surface area contributed by atoms with Crippen LogP contribution in [0.15, 0.2) is 18.2 Å². The van der Waals surface area contributed by atoms with Gasteiger partial charge in [0.05, 0.1) is 11.1 Å². The Morgan fingerprint density at radius 1 is 0.900 bits per heavy atom. The summed E-state index contributed by atoms with van der Waals surface area (Å²) in [5, 5.41) is 5.92. The van der Waals surface area contributed by atoms with Crippen molar-refractivity contribution in [2.45, 2.75) is 19.3 Å². The maximum absolute atomic E-state index is 12.6. The molecule has 1 aromatic carbocycles. The van der Waals surface area contributed by atoms with Crippen molar-refractivity contribution in [1.29, 1.82) is 0 Å². The molecular weight excluding hydrogens is 288 g/mol. The largest absolute Gasteiger partial charge is 0.416 e. The lowest BCUT2D eigenvalue weighted by molar-refractivity contribution is -0.143. The smallest absolute Gasteiger partial charge is 0.263 e. The molecule has 2 aromatic rings. The molecule has 0 unspecified atom stereocenters. The number of aromatic nitrogens is 3. The van der Waals surface area contributed by atoms with Gasteiger partial charge in [0.2, 0.25) is 0 Å². The summed E-state index contributed by atoms with van der Waals surface area (Å²) in [5.41, 5.74) is -3.15. The zero-order valence-electron chi connectivity index (χ0n) is 9.89. The Morgan fingerprint density at radius 3 is 1.75 bits per heavy atom. The number of benzene rings is 1. The van der Waals surface area contributed by atoms with Gasteiger partial charge in [-0.05, 0) is 25.1 Å². The van der Waals surface area contributed by atoms with Crippen molar-refractivity contribution in [2.24, 2.45) is 0 Å². The third-order valence-corrected chi connectivity index (χ3v) is 2.44. The van der Waals surface area contributed by atoms with Gasteiger partial charge in [0.25, 0.3) is 0 Å². The zero-order valence-corrected chi connectivity index (χ0v) is 9.89. The fourth-order valence-electron chi connectivity index (χ4n) is 1.56. The number of hydrogen-bond acceptors (Lipinski definition) is 2. The van der Waals surface area contributed by atoms with Crippen LogP contribution in [0.3, 0.4) is 0 Å². The quantitative estimate of drug-likeness (QED) is 0.813. The van der Waals surface area contributed by atoms with E-state index in [1.807, 2.05) is 0 Å². The Bertz CT molecular complexity index is 594. The lowest BCUT2D eigenvalue weighted by Gasteiger charge is -2.13. The first kappa shape index (κ1) is 14.4. The van der Waals surface area contributed by atoms with Crippen LogP contribution in [0.2, 0.25) is 0 Å². The van der Waals surface area contributed by atoms with Gasteiger partial charge in [0.15, 0.2) is 5.82 Å². The molecule has 1 aromatic heterocycles. The standard InChI is InChI=1S/C11H7F6N3/c1-5-18-9(20-19-5)6-2-7(10(12,13)14)4-8(3-6)11(15,16)17/h2-4H,1H3,(H,18,19,20). The van der Waals surface area contributed by atoms with Crippen molar-refractivity contribution in [2.75, 3.05) is 0 Å². The van der Waals surface area contributed by atoms with Gasteiger partial charge in [0, 0.05) is 5.56 Å². The number of aromatic amines is 1. The molecule has 3 nitrogen and oxygen atoms in total. The fraction of sp³-hybridized carbons (Fsp3) is 0.273. The van der Waals surface area contributed by atoms with Crippen molar-refractivity contribution in [3.63, 3.8) is 0 Å². The van der Waals surface area contributed by atoms with E-state index in [0.29, 0.717) is 12.1 Å². The van der Waals surface area contributed by atoms with E-state index >= 15 is 0 Å². The Labute approximate surface area is 108 Å². The second kappa shape index (κ2) is 4.50. The minimum Gasteiger partial charge on any atom is -0.263 e. The molecule has 0 aliphatic heterocycles. The summed E-state index contributed by atoms with van der Waals surface area (Å²) in [6.45, 7) is 1.48. The summed E-state index contributed by atoms with van der Waals surface area (Å²) in [5.74, 6) is 0.0603. The van der Waals surface area contributed by atoms with Gasteiger partial charge >= 0.3 is 12.4 Å². The number of hydrogen-bond donors (Lipinski definition) is 1. The molecule has 0 amide bonds. The van der Waals surface area contributed by atoms with E-state index in [0.717, 1.165) is 0 Å². The van der Waals surface area contributed by atoms with Crippen molar-refractivity contribution in [1.82, 2.24) is 15.2 Å². The van der Waals surface area contributed by atoms with E-state index in [4.69, 9.17) is 0 Å². The molecule has 0 radical (unpaired) electrons. The predicted octanol–water partition coefficient (Wildman–Crippen LogP) is 3.82. The second-order valence-corrected chi connectivity index (χ2v) is 4.04. The van der Waals surface area contributed by atoms with Crippen LogP contribution in [0, 0.1) is 6.92 Å². The summed E-state index contributed by atoms with van der Waals surface area (Å²) in [4.78, 5) is 3.73. The van der Waals surface area contributed by atoms with Crippen LogP contribution < -0.4 is 0 Å². The van der Waals surface area contributed by atoms with E-state index in [1.54, 1.807) is 0 Å². The maximum Gasteiger partial charge on any atom is 0.416 e. The molecule has 0 spiro atoms. The van der Waals surface area contributed by atoms with Gasteiger partial charge in [-0.15, -0.1) is 0 Å². The van der Waals surface area contributed by atoms with Crippen molar-refractivity contribution < 1.29 is 26.3 Å². The molecule has 0 aliphatic carbocycles. The van der Waals surface area contributed by atoms with Crippen molar-refractivity contribution in [3.8, 4) is 11.4 Å². The lowest BCUT2D eigenvalue weighted by Crippen LogP contribution is -2.11. The topological polar surface area (TPSA) is 41.6 Å². The number of nitrogens with zero attached hydrogens (tertiary/aromatic N) is 2. The van der Waals surface area contributed by atoms with Crippen LogP contribution in [-0.4, -0.2) is 15.2 Å². The molecule has 0 aliphatic rings. The molecule has 0 atom stereocenters. The van der Waals surface area contributed by atoms with E-state index in [9.17, 15) is 26.3 Å². The van der Waals surface area contributed by atoms with Gasteiger partial charge in [-0.3, -0.25) is 5.10 Å². The van der Waals surface area contributed by atoms with Gasteiger partial charge in [-0.25, -0.2) is 4.98 Å². The fourth-order valence-corrected chi connectivity index (χ4v) is 1.56. The zero-order chi connectivity index (χ0) is 15.1. The first-order chi connectivity index (χ1) is 9.07. The average Bonchev–Trinajstić information content (AvgIpc) is 2.73. The summed E-state index contributed by atoms with van der Waals surface area (Å²) < 4.78 is 75.8. The number of alkyl halides is 6. The van der Waals surface area contributed by atoms with E-state index in [1.165, 1.54) is 6.92 Å². The molecule has 0 saturated carbocycles. The minimum absolute atomic E-state index is 0.0585. The average molecular weight is 295 g/mol. The Morgan fingerprint density at radius 2 is 1.40 bits per heavy atom. The molecule has 20 heavy (non-hydrogen) atoms. The van der Waals surface area contributed by atoms with Crippen molar-refractivity contribution >= 4 is 0 Å². The summed E-state index contributed by atoms with van der Waals surface area (Å²) >= 11 is 0.